The van der Waals surface area contributed by atoms with Gasteiger partial charge in [0.1, 0.15) is 0 Å². The topological polar surface area (TPSA) is 55.7 Å². The van der Waals surface area contributed by atoms with Crippen LogP contribution in [0.3, 0.4) is 0 Å². The molecule has 0 aliphatic carbocycles. The molecule has 1 aliphatic heterocycles. The fourth-order valence-corrected chi connectivity index (χ4v) is 1.58. The van der Waals surface area contributed by atoms with Crippen molar-refractivity contribution >= 4 is 17.6 Å². The Morgan fingerprint density at radius 2 is 2.00 bits per heavy atom. The van der Waals surface area contributed by atoms with E-state index in [0.29, 0.717) is 5.71 Å². The Hall–Kier alpha value is -2.23. The molecule has 86 valence electrons. The van der Waals surface area contributed by atoms with Crippen molar-refractivity contribution in [2.45, 2.75) is 6.92 Å². The number of hydrogen-bond donors (Lipinski definition) is 0. The zero-order valence-electron chi connectivity index (χ0n) is 9.34. The Morgan fingerprint density at radius 1 is 1.29 bits per heavy atom. The van der Waals surface area contributed by atoms with Gasteiger partial charge in [0, 0.05) is 11.6 Å². The van der Waals surface area contributed by atoms with Gasteiger partial charge >= 0.3 is 5.97 Å². The Morgan fingerprint density at radius 3 is 2.65 bits per heavy atom. The monoisotopic (exact) mass is 229 g/mol. The van der Waals surface area contributed by atoms with Gasteiger partial charge in [-0.1, -0.05) is 30.3 Å². The van der Waals surface area contributed by atoms with Gasteiger partial charge in [0.25, 0.3) is 5.91 Å². The highest BCUT2D eigenvalue weighted by molar-refractivity contribution is 6.34. The van der Waals surface area contributed by atoms with E-state index in [0.717, 1.165) is 5.56 Å². The molecule has 1 aromatic rings. The SMILES string of the molecule is CCOC(=O)C1=CC(=O)N=C1c1ccccc1. The summed E-state index contributed by atoms with van der Waals surface area (Å²) >= 11 is 0. The van der Waals surface area contributed by atoms with Crippen LogP contribution in [0.15, 0.2) is 47.0 Å². The lowest BCUT2D eigenvalue weighted by molar-refractivity contribution is -0.138. The number of rotatable bonds is 3. The molecule has 0 spiro atoms. The zero-order valence-corrected chi connectivity index (χ0v) is 9.34. The van der Waals surface area contributed by atoms with Crippen molar-refractivity contribution < 1.29 is 14.3 Å². The van der Waals surface area contributed by atoms with Gasteiger partial charge in [-0.05, 0) is 6.92 Å². The minimum Gasteiger partial charge on any atom is -0.462 e. The molecule has 0 radical (unpaired) electrons. The van der Waals surface area contributed by atoms with Crippen molar-refractivity contribution in [1.29, 1.82) is 0 Å². The fraction of sp³-hybridized carbons (Fsp3) is 0.154. The molecule has 4 heteroatoms. The molecule has 0 saturated heterocycles. The largest absolute Gasteiger partial charge is 0.462 e. The quantitative estimate of drug-likeness (QED) is 0.738. The number of aliphatic imine (C=N–C) groups is 1. The first-order valence-electron chi connectivity index (χ1n) is 5.29. The third kappa shape index (κ3) is 2.30. The third-order valence-electron chi connectivity index (χ3n) is 2.29. The molecule has 1 heterocycles. The van der Waals surface area contributed by atoms with Gasteiger partial charge < -0.3 is 4.74 Å². The fourth-order valence-electron chi connectivity index (χ4n) is 1.58. The molecular formula is C13H11NO3. The van der Waals surface area contributed by atoms with Crippen molar-refractivity contribution in [1.82, 2.24) is 0 Å². The van der Waals surface area contributed by atoms with Gasteiger partial charge in [0.05, 0.1) is 17.9 Å². The van der Waals surface area contributed by atoms with Gasteiger partial charge in [-0.15, -0.1) is 0 Å². The van der Waals surface area contributed by atoms with E-state index in [9.17, 15) is 9.59 Å². The summed E-state index contributed by atoms with van der Waals surface area (Å²) in [5, 5.41) is 0. The summed E-state index contributed by atoms with van der Waals surface area (Å²) in [5.41, 5.74) is 1.34. The lowest BCUT2D eigenvalue weighted by atomic mass is 10.0. The standard InChI is InChI=1S/C13H11NO3/c1-2-17-13(16)10-8-11(15)14-12(10)9-6-4-3-5-7-9/h3-8H,2H2,1H3. The normalized spacial score (nSPS) is 14.3. The van der Waals surface area contributed by atoms with Gasteiger partial charge in [0.2, 0.25) is 0 Å². The summed E-state index contributed by atoms with van der Waals surface area (Å²) < 4.78 is 4.89. The van der Waals surface area contributed by atoms with E-state index in [-0.39, 0.29) is 12.2 Å². The highest BCUT2D eigenvalue weighted by Gasteiger charge is 2.25. The predicted molar refractivity (Wildman–Crippen MR) is 62.7 cm³/mol. The molecule has 0 aromatic heterocycles. The third-order valence-corrected chi connectivity index (χ3v) is 2.29. The Bertz CT molecular complexity index is 515. The van der Waals surface area contributed by atoms with E-state index in [1.54, 1.807) is 19.1 Å². The maximum absolute atomic E-state index is 11.7. The number of ether oxygens (including phenoxy) is 1. The average Bonchev–Trinajstić information content (AvgIpc) is 2.73. The van der Waals surface area contributed by atoms with Crippen molar-refractivity contribution in [2.75, 3.05) is 6.61 Å². The van der Waals surface area contributed by atoms with Gasteiger partial charge in [-0.3, -0.25) is 4.79 Å². The smallest absolute Gasteiger partial charge is 0.340 e. The van der Waals surface area contributed by atoms with E-state index in [4.69, 9.17) is 4.74 Å². The molecule has 0 unspecified atom stereocenters. The predicted octanol–water partition coefficient (Wildman–Crippen LogP) is 1.51. The average molecular weight is 229 g/mol. The Balaban J connectivity index is 2.35. The molecular weight excluding hydrogens is 218 g/mol. The van der Waals surface area contributed by atoms with Crippen LogP contribution in [0, 0.1) is 0 Å². The van der Waals surface area contributed by atoms with Crippen molar-refractivity contribution in [3.05, 3.63) is 47.5 Å². The van der Waals surface area contributed by atoms with E-state index in [2.05, 4.69) is 4.99 Å². The van der Waals surface area contributed by atoms with E-state index in [1.165, 1.54) is 6.08 Å². The van der Waals surface area contributed by atoms with Crippen LogP contribution in [0.1, 0.15) is 12.5 Å². The number of carbonyl (C=O) groups is 2. The van der Waals surface area contributed by atoms with Gasteiger partial charge in [-0.25, -0.2) is 9.79 Å². The first kappa shape index (κ1) is 11.3. The molecule has 0 atom stereocenters. The van der Waals surface area contributed by atoms with Gasteiger partial charge in [-0.2, -0.15) is 0 Å². The molecule has 17 heavy (non-hydrogen) atoms. The summed E-state index contributed by atoms with van der Waals surface area (Å²) in [5.74, 6) is -0.937. The summed E-state index contributed by atoms with van der Waals surface area (Å²) in [7, 11) is 0. The molecule has 1 aliphatic rings. The molecule has 0 saturated carbocycles. The molecule has 0 fully saturated rings. The summed E-state index contributed by atoms with van der Waals surface area (Å²) in [6, 6.07) is 9.09. The summed E-state index contributed by atoms with van der Waals surface area (Å²) in [4.78, 5) is 26.8. The first-order chi connectivity index (χ1) is 8.22. The molecule has 0 N–H and O–H groups in total. The van der Waals surface area contributed by atoms with Crippen molar-refractivity contribution in [3.8, 4) is 0 Å². The minimum absolute atomic E-state index is 0.225. The highest BCUT2D eigenvalue weighted by atomic mass is 16.5. The molecule has 1 amide bonds. The number of nitrogens with zero attached hydrogens (tertiary/aromatic N) is 1. The van der Waals surface area contributed by atoms with Crippen LogP contribution in [0.4, 0.5) is 0 Å². The lowest BCUT2D eigenvalue weighted by Crippen LogP contribution is -2.14. The van der Waals surface area contributed by atoms with Crippen LogP contribution in [0.2, 0.25) is 0 Å². The van der Waals surface area contributed by atoms with E-state index >= 15 is 0 Å². The Kier molecular flexibility index (Phi) is 3.14. The number of esters is 1. The van der Waals surface area contributed by atoms with Crippen LogP contribution in [0.5, 0.6) is 0 Å². The van der Waals surface area contributed by atoms with Crippen LogP contribution in [0.25, 0.3) is 0 Å². The van der Waals surface area contributed by atoms with Crippen molar-refractivity contribution in [2.24, 2.45) is 4.99 Å². The first-order valence-corrected chi connectivity index (χ1v) is 5.29. The second-order valence-corrected chi connectivity index (χ2v) is 3.44. The van der Waals surface area contributed by atoms with Crippen molar-refractivity contribution in [3.63, 3.8) is 0 Å². The van der Waals surface area contributed by atoms with E-state index in [1.807, 2.05) is 18.2 Å². The maximum atomic E-state index is 11.7. The Labute approximate surface area is 98.6 Å². The van der Waals surface area contributed by atoms with E-state index < -0.39 is 11.9 Å². The van der Waals surface area contributed by atoms with Crippen LogP contribution in [-0.4, -0.2) is 24.2 Å². The molecule has 4 nitrogen and oxygen atoms in total. The molecule has 1 aromatic carbocycles. The maximum Gasteiger partial charge on any atom is 0.340 e. The second-order valence-electron chi connectivity index (χ2n) is 3.44. The van der Waals surface area contributed by atoms with Crippen LogP contribution >= 0.6 is 0 Å². The second kappa shape index (κ2) is 4.74. The van der Waals surface area contributed by atoms with Crippen LogP contribution in [-0.2, 0) is 14.3 Å². The zero-order chi connectivity index (χ0) is 12.3. The van der Waals surface area contributed by atoms with Crippen LogP contribution < -0.4 is 0 Å². The summed E-state index contributed by atoms with van der Waals surface area (Å²) in [6.07, 6.45) is 1.21. The number of benzene rings is 1. The number of carbonyl (C=O) groups excluding carboxylic acids is 2. The lowest BCUT2D eigenvalue weighted by Gasteiger charge is -2.05. The summed E-state index contributed by atoms with van der Waals surface area (Å²) in [6.45, 7) is 1.99. The number of hydrogen-bond acceptors (Lipinski definition) is 3. The number of amides is 1. The molecule has 2 rings (SSSR count). The molecule has 0 bridgehead atoms. The minimum atomic E-state index is -0.513. The highest BCUT2D eigenvalue weighted by Crippen LogP contribution is 2.16. The van der Waals surface area contributed by atoms with Gasteiger partial charge in [0.15, 0.2) is 0 Å².